The molecule has 0 aliphatic heterocycles. The quantitative estimate of drug-likeness (QED) is 0.658. The Morgan fingerprint density at radius 2 is 2.00 bits per heavy atom. The van der Waals surface area contributed by atoms with E-state index in [2.05, 4.69) is 17.9 Å². The van der Waals surface area contributed by atoms with Crippen LogP contribution in [0.15, 0.2) is 49.1 Å². The third kappa shape index (κ3) is 8.30. The predicted molar refractivity (Wildman–Crippen MR) is 74.0 cm³/mol. The molecule has 1 N–H and O–H groups in total. The van der Waals surface area contributed by atoms with Gasteiger partial charge in [-0.25, -0.2) is 4.79 Å². The SMILES string of the molecule is C=C(C)C(=O)OCC(C)O.C=Cc1ccccc1. The van der Waals surface area contributed by atoms with Gasteiger partial charge < -0.3 is 9.84 Å². The van der Waals surface area contributed by atoms with Crippen molar-refractivity contribution in [2.24, 2.45) is 0 Å². The van der Waals surface area contributed by atoms with Gasteiger partial charge in [-0.3, -0.25) is 0 Å². The van der Waals surface area contributed by atoms with Gasteiger partial charge in [-0.15, -0.1) is 0 Å². The molecule has 1 aromatic carbocycles. The number of hydrogen-bond acceptors (Lipinski definition) is 3. The number of aliphatic hydroxyl groups excluding tert-OH is 1. The van der Waals surface area contributed by atoms with Gasteiger partial charge in [0.05, 0.1) is 6.10 Å². The van der Waals surface area contributed by atoms with Crippen molar-refractivity contribution in [1.82, 2.24) is 0 Å². The summed E-state index contributed by atoms with van der Waals surface area (Å²) in [6.45, 7) is 10.1. The summed E-state index contributed by atoms with van der Waals surface area (Å²) in [4.78, 5) is 10.6. The van der Waals surface area contributed by atoms with Crippen molar-refractivity contribution in [3.05, 3.63) is 54.6 Å². The van der Waals surface area contributed by atoms with Crippen LogP contribution in [0.25, 0.3) is 6.08 Å². The lowest BCUT2D eigenvalue weighted by molar-refractivity contribution is -0.141. The van der Waals surface area contributed by atoms with E-state index >= 15 is 0 Å². The summed E-state index contributed by atoms with van der Waals surface area (Å²) < 4.78 is 4.58. The van der Waals surface area contributed by atoms with Crippen LogP contribution < -0.4 is 0 Å². The van der Waals surface area contributed by atoms with E-state index in [0.717, 1.165) is 0 Å². The number of benzene rings is 1. The van der Waals surface area contributed by atoms with Gasteiger partial charge in [0, 0.05) is 5.57 Å². The molecule has 1 rings (SSSR count). The topological polar surface area (TPSA) is 46.5 Å². The van der Waals surface area contributed by atoms with E-state index in [-0.39, 0.29) is 6.61 Å². The molecule has 0 heterocycles. The van der Waals surface area contributed by atoms with Gasteiger partial charge in [-0.05, 0) is 19.4 Å². The fourth-order valence-electron chi connectivity index (χ4n) is 0.909. The van der Waals surface area contributed by atoms with E-state index in [1.807, 2.05) is 36.4 Å². The van der Waals surface area contributed by atoms with Gasteiger partial charge in [-0.2, -0.15) is 0 Å². The Labute approximate surface area is 108 Å². The molecule has 1 unspecified atom stereocenters. The average molecular weight is 248 g/mol. The molecule has 3 nitrogen and oxygen atoms in total. The van der Waals surface area contributed by atoms with E-state index in [9.17, 15) is 4.79 Å². The van der Waals surface area contributed by atoms with E-state index in [1.54, 1.807) is 13.8 Å². The van der Waals surface area contributed by atoms with Gasteiger partial charge in [0.25, 0.3) is 0 Å². The van der Waals surface area contributed by atoms with Gasteiger partial charge in [0.2, 0.25) is 0 Å². The Kier molecular flexibility index (Phi) is 8.24. The van der Waals surface area contributed by atoms with Gasteiger partial charge >= 0.3 is 5.97 Å². The van der Waals surface area contributed by atoms with Crippen molar-refractivity contribution < 1.29 is 14.6 Å². The Morgan fingerprint density at radius 3 is 2.33 bits per heavy atom. The molecule has 1 aromatic rings. The first kappa shape index (κ1) is 16.1. The van der Waals surface area contributed by atoms with Gasteiger partial charge in [-0.1, -0.05) is 49.6 Å². The maximum atomic E-state index is 10.6. The molecule has 0 saturated heterocycles. The molecule has 0 amide bonds. The van der Waals surface area contributed by atoms with E-state index in [1.165, 1.54) is 5.56 Å². The second-order valence-electron chi connectivity index (χ2n) is 3.84. The molecule has 0 aliphatic carbocycles. The van der Waals surface area contributed by atoms with Crippen molar-refractivity contribution >= 4 is 12.0 Å². The zero-order valence-corrected chi connectivity index (χ0v) is 10.9. The average Bonchev–Trinajstić information content (AvgIpc) is 2.37. The smallest absolute Gasteiger partial charge is 0.333 e. The van der Waals surface area contributed by atoms with Crippen molar-refractivity contribution in [3.8, 4) is 0 Å². The molecule has 3 heteroatoms. The molecule has 98 valence electrons. The highest BCUT2D eigenvalue weighted by molar-refractivity contribution is 5.86. The lowest BCUT2D eigenvalue weighted by Gasteiger charge is -2.04. The minimum absolute atomic E-state index is 0.0334. The lowest BCUT2D eigenvalue weighted by atomic mass is 10.2. The van der Waals surface area contributed by atoms with Crippen LogP contribution in [0.2, 0.25) is 0 Å². The zero-order valence-electron chi connectivity index (χ0n) is 10.9. The van der Waals surface area contributed by atoms with Crippen molar-refractivity contribution in [1.29, 1.82) is 0 Å². The minimum Gasteiger partial charge on any atom is -0.460 e. The number of esters is 1. The van der Waals surface area contributed by atoms with Crippen LogP contribution in [-0.2, 0) is 9.53 Å². The summed E-state index contributed by atoms with van der Waals surface area (Å²) in [7, 11) is 0. The molecule has 0 radical (unpaired) electrons. The normalized spacial score (nSPS) is 10.6. The molecule has 1 atom stereocenters. The van der Waals surface area contributed by atoms with Gasteiger partial charge in [0.15, 0.2) is 0 Å². The highest BCUT2D eigenvalue weighted by Crippen LogP contribution is 1.97. The maximum Gasteiger partial charge on any atom is 0.333 e. The number of carbonyl (C=O) groups is 1. The molecule has 18 heavy (non-hydrogen) atoms. The Hall–Kier alpha value is -1.87. The van der Waals surface area contributed by atoms with Gasteiger partial charge in [0.1, 0.15) is 6.61 Å². The van der Waals surface area contributed by atoms with E-state index in [0.29, 0.717) is 5.57 Å². The minimum atomic E-state index is -0.608. The third-order valence-corrected chi connectivity index (χ3v) is 1.84. The first-order valence-corrected chi connectivity index (χ1v) is 5.65. The number of ether oxygens (including phenoxy) is 1. The summed E-state index contributed by atoms with van der Waals surface area (Å²) in [5, 5.41) is 8.68. The lowest BCUT2D eigenvalue weighted by Crippen LogP contribution is -2.15. The van der Waals surface area contributed by atoms with Crippen LogP contribution in [0, 0.1) is 0 Å². The molecule has 0 bridgehead atoms. The van der Waals surface area contributed by atoms with E-state index < -0.39 is 12.1 Å². The van der Waals surface area contributed by atoms with Crippen LogP contribution in [0.5, 0.6) is 0 Å². The highest BCUT2D eigenvalue weighted by atomic mass is 16.5. The number of hydrogen-bond donors (Lipinski definition) is 1. The molecule has 0 spiro atoms. The first-order valence-electron chi connectivity index (χ1n) is 5.65. The molecule has 0 fully saturated rings. The third-order valence-electron chi connectivity index (χ3n) is 1.84. The molecule has 0 saturated carbocycles. The Balaban J connectivity index is 0.000000327. The van der Waals surface area contributed by atoms with Crippen molar-refractivity contribution in [2.45, 2.75) is 20.0 Å². The van der Waals surface area contributed by atoms with Crippen LogP contribution in [0.3, 0.4) is 0 Å². The number of rotatable bonds is 4. The Morgan fingerprint density at radius 1 is 1.44 bits per heavy atom. The monoisotopic (exact) mass is 248 g/mol. The summed E-state index contributed by atoms with van der Waals surface area (Å²) in [6, 6.07) is 10.0. The number of carbonyl (C=O) groups excluding carboxylic acids is 1. The number of aliphatic hydroxyl groups is 1. The summed E-state index contributed by atoms with van der Waals surface area (Å²) in [5.41, 5.74) is 1.52. The fraction of sp³-hybridized carbons (Fsp3) is 0.267. The highest BCUT2D eigenvalue weighted by Gasteiger charge is 2.03. The summed E-state index contributed by atoms with van der Waals surface area (Å²) >= 11 is 0. The first-order chi connectivity index (χ1) is 8.47. The molecule has 0 aromatic heterocycles. The molecule has 0 aliphatic rings. The zero-order chi connectivity index (χ0) is 14.0. The molecular weight excluding hydrogens is 228 g/mol. The predicted octanol–water partition coefficient (Wildman–Crippen LogP) is 2.82. The fourth-order valence-corrected chi connectivity index (χ4v) is 0.909. The summed E-state index contributed by atoms with van der Waals surface area (Å²) in [6.07, 6.45) is 1.23. The van der Waals surface area contributed by atoms with Crippen molar-refractivity contribution in [3.63, 3.8) is 0 Å². The standard InChI is InChI=1S/C8H8.C7H12O3/c1-2-8-6-4-3-5-7-8;1-5(2)7(9)10-4-6(3)8/h2-7H,1H2;6,8H,1,4H2,2-3H3. The maximum absolute atomic E-state index is 10.6. The largest absolute Gasteiger partial charge is 0.460 e. The second kappa shape index (κ2) is 9.19. The van der Waals surface area contributed by atoms with Crippen LogP contribution >= 0.6 is 0 Å². The van der Waals surface area contributed by atoms with E-state index in [4.69, 9.17) is 5.11 Å². The van der Waals surface area contributed by atoms with Crippen molar-refractivity contribution in [2.75, 3.05) is 6.61 Å². The Bertz CT molecular complexity index is 380. The second-order valence-corrected chi connectivity index (χ2v) is 3.84. The van der Waals surface area contributed by atoms with Crippen LogP contribution in [-0.4, -0.2) is 23.8 Å². The summed E-state index contributed by atoms with van der Waals surface area (Å²) in [5.74, 6) is -0.457. The van der Waals surface area contributed by atoms with Crippen LogP contribution in [0.1, 0.15) is 19.4 Å². The molecular formula is C15H20O3. The van der Waals surface area contributed by atoms with Crippen LogP contribution in [0.4, 0.5) is 0 Å².